The Bertz CT molecular complexity index is 1190. The molecule has 0 spiro atoms. The monoisotopic (exact) mass is 438 g/mol. The number of halogens is 2. The maximum Gasteiger partial charge on any atom is 0.252 e. The number of aryl methyl sites for hydroxylation is 1. The SMILES string of the molecule is C=C(NC1CC(F)(F)C1)c1cnn2ccc(/C(=C/C)c3cnc(NC(C)C)nc3C)cc12. The van der Waals surface area contributed by atoms with E-state index in [1.54, 1.807) is 10.7 Å². The molecule has 3 heterocycles. The highest BCUT2D eigenvalue weighted by atomic mass is 19.3. The largest absolute Gasteiger partial charge is 0.382 e. The van der Waals surface area contributed by atoms with Crippen LogP contribution >= 0.6 is 0 Å². The number of hydrogen-bond donors (Lipinski definition) is 2. The molecule has 0 unspecified atom stereocenters. The van der Waals surface area contributed by atoms with E-state index in [-0.39, 0.29) is 24.9 Å². The molecule has 1 aliphatic rings. The number of allylic oxidation sites excluding steroid dienone is 1. The molecule has 0 saturated heterocycles. The first-order valence-electron chi connectivity index (χ1n) is 10.7. The second kappa shape index (κ2) is 8.33. The molecular formula is C24H28F2N6. The molecule has 3 aromatic heterocycles. The Morgan fingerprint density at radius 3 is 2.66 bits per heavy atom. The summed E-state index contributed by atoms with van der Waals surface area (Å²) in [4.78, 5) is 9.07. The Kier molecular flexibility index (Phi) is 5.71. The van der Waals surface area contributed by atoms with Crippen molar-refractivity contribution < 1.29 is 8.78 Å². The third-order valence-electron chi connectivity index (χ3n) is 5.60. The zero-order valence-electron chi connectivity index (χ0n) is 18.8. The van der Waals surface area contributed by atoms with Gasteiger partial charge in [-0.1, -0.05) is 12.7 Å². The number of rotatable bonds is 7. The van der Waals surface area contributed by atoms with Crippen LogP contribution in [0.2, 0.25) is 0 Å². The lowest BCUT2D eigenvalue weighted by atomic mass is 9.88. The van der Waals surface area contributed by atoms with Gasteiger partial charge in [0, 0.05) is 54.1 Å². The number of pyridine rings is 1. The van der Waals surface area contributed by atoms with Crippen molar-refractivity contribution >= 4 is 22.7 Å². The van der Waals surface area contributed by atoms with Crippen LogP contribution in [0.25, 0.3) is 16.8 Å². The Labute approximate surface area is 186 Å². The van der Waals surface area contributed by atoms with E-state index in [0.717, 1.165) is 33.5 Å². The topological polar surface area (TPSA) is 67.1 Å². The molecule has 0 aliphatic heterocycles. The average molecular weight is 439 g/mol. The van der Waals surface area contributed by atoms with Crippen LogP contribution in [0.5, 0.6) is 0 Å². The van der Waals surface area contributed by atoms with Gasteiger partial charge in [0.2, 0.25) is 5.95 Å². The Balaban J connectivity index is 1.63. The van der Waals surface area contributed by atoms with E-state index in [1.165, 1.54) is 0 Å². The Hall–Kier alpha value is -3.29. The molecule has 0 radical (unpaired) electrons. The molecule has 3 aromatic rings. The van der Waals surface area contributed by atoms with Gasteiger partial charge in [-0.25, -0.2) is 23.3 Å². The van der Waals surface area contributed by atoms with Crippen LogP contribution in [-0.4, -0.2) is 37.6 Å². The number of nitrogens with zero attached hydrogens (tertiary/aromatic N) is 4. The van der Waals surface area contributed by atoms with E-state index in [2.05, 4.69) is 32.3 Å². The van der Waals surface area contributed by atoms with Gasteiger partial charge in [0.25, 0.3) is 5.92 Å². The molecular weight excluding hydrogens is 410 g/mol. The van der Waals surface area contributed by atoms with Gasteiger partial charge >= 0.3 is 0 Å². The number of alkyl halides is 2. The summed E-state index contributed by atoms with van der Waals surface area (Å²) < 4.78 is 28.1. The van der Waals surface area contributed by atoms with Crippen molar-refractivity contribution in [2.45, 2.75) is 58.5 Å². The first-order valence-corrected chi connectivity index (χ1v) is 10.7. The van der Waals surface area contributed by atoms with E-state index < -0.39 is 5.92 Å². The maximum atomic E-state index is 13.2. The number of fused-ring (bicyclic) bond motifs is 1. The quantitative estimate of drug-likeness (QED) is 0.540. The lowest BCUT2D eigenvalue weighted by Gasteiger charge is -2.36. The number of hydrogen-bond acceptors (Lipinski definition) is 5. The normalized spacial score (nSPS) is 16.3. The summed E-state index contributed by atoms with van der Waals surface area (Å²) in [6, 6.07) is 4.00. The molecule has 6 nitrogen and oxygen atoms in total. The van der Waals surface area contributed by atoms with Crippen LogP contribution in [0.1, 0.15) is 56.0 Å². The Morgan fingerprint density at radius 1 is 1.28 bits per heavy atom. The van der Waals surface area contributed by atoms with Crippen molar-refractivity contribution in [3.63, 3.8) is 0 Å². The van der Waals surface area contributed by atoms with Gasteiger partial charge in [0.15, 0.2) is 0 Å². The fourth-order valence-corrected chi connectivity index (χ4v) is 4.01. The summed E-state index contributed by atoms with van der Waals surface area (Å²) in [5, 5.41) is 10.7. The van der Waals surface area contributed by atoms with Crippen molar-refractivity contribution in [1.29, 1.82) is 0 Å². The lowest BCUT2D eigenvalue weighted by Crippen LogP contribution is -2.47. The molecule has 1 saturated carbocycles. The molecule has 32 heavy (non-hydrogen) atoms. The second-order valence-corrected chi connectivity index (χ2v) is 8.58. The zero-order valence-corrected chi connectivity index (χ0v) is 18.8. The molecule has 1 aliphatic carbocycles. The predicted octanol–water partition coefficient (Wildman–Crippen LogP) is 5.06. The average Bonchev–Trinajstić information content (AvgIpc) is 3.11. The van der Waals surface area contributed by atoms with Gasteiger partial charge in [0.1, 0.15) is 0 Å². The van der Waals surface area contributed by atoms with Crippen molar-refractivity contribution in [2.24, 2.45) is 0 Å². The second-order valence-electron chi connectivity index (χ2n) is 8.58. The summed E-state index contributed by atoms with van der Waals surface area (Å²) in [6.45, 7) is 12.1. The third-order valence-corrected chi connectivity index (χ3v) is 5.60. The van der Waals surface area contributed by atoms with Crippen molar-refractivity contribution in [2.75, 3.05) is 5.32 Å². The van der Waals surface area contributed by atoms with Crippen LogP contribution in [0.15, 0.2) is 43.4 Å². The molecule has 0 bridgehead atoms. The summed E-state index contributed by atoms with van der Waals surface area (Å²) in [5.41, 5.74) is 6.06. The van der Waals surface area contributed by atoms with E-state index in [1.807, 2.05) is 58.3 Å². The van der Waals surface area contributed by atoms with Gasteiger partial charge in [0.05, 0.1) is 17.4 Å². The molecule has 168 valence electrons. The molecule has 0 atom stereocenters. The minimum atomic E-state index is -2.58. The first kappa shape index (κ1) is 21.9. The third kappa shape index (κ3) is 4.35. The van der Waals surface area contributed by atoms with Crippen LogP contribution in [-0.2, 0) is 0 Å². The zero-order chi connectivity index (χ0) is 23.0. The molecule has 2 N–H and O–H groups in total. The van der Waals surface area contributed by atoms with Crippen molar-refractivity contribution in [3.05, 3.63) is 65.8 Å². The van der Waals surface area contributed by atoms with Gasteiger partial charge < -0.3 is 10.6 Å². The van der Waals surface area contributed by atoms with E-state index in [9.17, 15) is 8.78 Å². The van der Waals surface area contributed by atoms with E-state index >= 15 is 0 Å². The molecule has 0 aromatic carbocycles. The highest BCUT2D eigenvalue weighted by molar-refractivity contribution is 5.84. The number of nitrogens with one attached hydrogen (secondary N) is 2. The standard InChI is InChI=1S/C24H28F2N6/c1-6-19(20-12-27-23(29-14(2)3)31-15(20)4)17-7-8-32-22(9-17)21(13-28-32)16(5)30-18-10-24(25,26)11-18/h6-9,12-14,18,30H,5,10-11H2,1-4H3,(H,27,29,31)/b19-6-. The van der Waals surface area contributed by atoms with Crippen LogP contribution in [0.3, 0.4) is 0 Å². The molecule has 0 amide bonds. The van der Waals surface area contributed by atoms with Crippen LogP contribution in [0.4, 0.5) is 14.7 Å². The molecule has 8 heteroatoms. The highest BCUT2D eigenvalue weighted by Crippen LogP contribution is 2.38. The summed E-state index contributed by atoms with van der Waals surface area (Å²) in [5.74, 6) is -1.97. The van der Waals surface area contributed by atoms with Gasteiger partial charge in [-0.15, -0.1) is 0 Å². The summed E-state index contributed by atoms with van der Waals surface area (Å²) >= 11 is 0. The minimum Gasteiger partial charge on any atom is -0.382 e. The van der Waals surface area contributed by atoms with Crippen molar-refractivity contribution in [3.8, 4) is 0 Å². The predicted molar refractivity (Wildman–Crippen MR) is 124 cm³/mol. The van der Waals surface area contributed by atoms with Crippen LogP contribution < -0.4 is 10.6 Å². The maximum absolute atomic E-state index is 13.2. The summed E-state index contributed by atoms with van der Waals surface area (Å²) in [7, 11) is 0. The van der Waals surface area contributed by atoms with Crippen LogP contribution in [0, 0.1) is 6.92 Å². The first-order chi connectivity index (χ1) is 15.2. The highest BCUT2D eigenvalue weighted by Gasteiger charge is 2.45. The molecule has 4 rings (SSSR count). The summed E-state index contributed by atoms with van der Waals surface area (Å²) in [6.07, 6.45) is 7.13. The fourth-order valence-electron chi connectivity index (χ4n) is 4.01. The van der Waals surface area contributed by atoms with E-state index in [4.69, 9.17) is 0 Å². The minimum absolute atomic E-state index is 0.167. The molecule has 1 fully saturated rings. The Morgan fingerprint density at radius 2 is 2.03 bits per heavy atom. The van der Waals surface area contributed by atoms with E-state index in [0.29, 0.717) is 11.6 Å². The van der Waals surface area contributed by atoms with Gasteiger partial charge in [-0.05, 0) is 51.0 Å². The van der Waals surface area contributed by atoms with Gasteiger partial charge in [-0.3, -0.25) is 0 Å². The smallest absolute Gasteiger partial charge is 0.252 e. The fraction of sp³-hybridized carbons (Fsp3) is 0.375. The lowest BCUT2D eigenvalue weighted by molar-refractivity contribution is -0.0891. The van der Waals surface area contributed by atoms with Gasteiger partial charge in [-0.2, -0.15) is 5.10 Å². The number of aromatic nitrogens is 4. The number of anilines is 1. The van der Waals surface area contributed by atoms with Crippen molar-refractivity contribution in [1.82, 2.24) is 24.9 Å².